The van der Waals surface area contributed by atoms with Crippen molar-refractivity contribution in [3.05, 3.63) is 63.5 Å². The number of carbonyl (C=O) groups is 2. The maximum absolute atomic E-state index is 13.0. The van der Waals surface area contributed by atoms with E-state index in [-0.39, 0.29) is 15.8 Å². The molecule has 3 rings (SSSR count). The zero-order valence-electron chi connectivity index (χ0n) is 14.9. The molecule has 1 fully saturated rings. The van der Waals surface area contributed by atoms with Crippen LogP contribution in [0.15, 0.2) is 52.4 Å². The third kappa shape index (κ3) is 5.55. The van der Waals surface area contributed by atoms with Crippen LogP contribution in [0.2, 0.25) is 5.02 Å². The number of hydrogen-bond acceptors (Lipinski definition) is 5. The maximum atomic E-state index is 13.0. The number of rotatable bonds is 5. The molecule has 11 heteroatoms. The van der Waals surface area contributed by atoms with Crippen molar-refractivity contribution in [3.63, 3.8) is 0 Å². The number of hydrogen-bond donors (Lipinski definition) is 2. The molecule has 2 aromatic carbocycles. The van der Waals surface area contributed by atoms with Crippen LogP contribution < -0.4 is 10.1 Å². The number of carboxylic acids is 1. The van der Waals surface area contributed by atoms with Gasteiger partial charge >= 0.3 is 12.1 Å². The third-order valence-electron chi connectivity index (χ3n) is 3.68. The van der Waals surface area contributed by atoms with Crippen LogP contribution in [0.4, 0.5) is 18.9 Å². The highest BCUT2D eigenvalue weighted by molar-refractivity contribution is 8.18. The molecule has 0 unspecified atom stereocenters. The summed E-state index contributed by atoms with van der Waals surface area (Å²) in [6.07, 6.45) is -3.06. The fourth-order valence-corrected chi connectivity index (χ4v) is 3.42. The van der Waals surface area contributed by atoms with E-state index in [0.717, 1.165) is 23.9 Å². The van der Waals surface area contributed by atoms with E-state index in [1.807, 2.05) is 0 Å². The lowest BCUT2D eigenvalue weighted by molar-refractivity contribution is -0.139. The number of halogens is 4. The maximum Gasteiger partial charge on any atom is 0.417 e. The molecule has 1 aliphatic rings. The number of ether oxygens (including phenoxy) is 1. The molecule has 0 radical (unpaired) electrons. The first kappa shape index (κ1) is 21.7. The molecule has 0 bridgehead atoms. The van der Waals surface area contributed by atoms with Gasteiger partial charge in [-0.2, -0.15) is 13.2 Å². The topological polar surface area (TPSA) is 88.0 Å². The van der Waals surface area contributed by atoms with Gasteiger partial charge < -0.3 is 15.2 Å². The van der Waals surface area contributed by atoms with Gasteiger partial charge in [0.2, 0.25) is 0 Å². The largest absolute Gasteiger partial charge is 0.482 e. The molecule has 0 aromatic heterocycles. The number of alkyl halides is 3. The van der Waals surface area contributed by atoms with E-state index in [0.29, 0.717) is 11.3 Å². The number of thioether (sulfide) groups is 1. The molecule has 2 aromatic rings. The van der Waals surface area contributed by atoms with Gasteiger partial charge in [-0.1, -0.05) is 23.7 Å². The van der Waals surface area contributed by atoms with Crippen LogP contribution in [-0.2, 0) is 15.8 Å². The molecule has 0 spiro atoms. The fourth-order valence-electron chi connectivity index (χ4n) is 2.35. The minimum absolute atomic E-state index is 0.00397. The molecule has 1 saturated heterocycles. The van der Waals surface area contributed by atoms with Crippen molar-refractivity contribution >= 4 is 52.2 Å². The number of aliphatic carboxylic acids is 1. The monoisotopic (exact) mass is 456 g/mol. The van der Waals surface area contributed by atoms with E-state index in [2.05, 4.69) is 10.3 Å². The number of amidine groups is 1. The average Bonchev–Trinajstić information content (AvgIpc) is 3.00. The van der Waals surface area contributed by atoms with Gasteiger partial charge in [0.25, 0.3) is 5.91 Å². The Kier molecular flexibility index (Phi) is 6.37. The summed E-state index contributed by atoms with van der Waals surface area (Å²) >= 11 is 6.56. The lowest BCUT2D eigenvalue weighted by Gasteiger charge is -2.09. The summed E-state index contributed by atoms with van der Waals surface area (Å²) in [5.74, 6) is -1.20. The Morgan fingerprint density at radius 2 is 1.93 bits per heavy atom. The van der Waals surface area contributed by atoms with E-state index < -0.39 is 35.2 Å². The van der Waals surface area contributed by atoms with E-state index in [4.69, 9.17) is 21.4 Å². The Morgan fingerprint density at radius 1 is 1.23 bits per heavy atom. The predicted molar refractivity (Wildman–Crippen MR) is 107 cm³/mol. The smallest absolute Gasteiger partial charge is 0.417 e. The van der Waals surface area contributed by atoms with Crippen LogP contribution in [-0.4, -0.2) is 28.8 Å². The van der Waals surface area contributed by atoms with Crippen molar-refractivity contribution in [2.24, 2.45) is 4.99 Å². The second-order valence-electron chi connectivity index (χ2n) is 5.90. The van der Waals surface area contributed by atoms with Crippen LogP contribution >= 0.6 is 23.4 Å². The van der Waals surface area contributed by atoms with Crippen molar-refractivity contribution in [2.75, 3.05) is 6.61 Å². The van der Waals surface area contributed by atoms with Crippen LogP contribution in [0.1, 0.15) is 11.1 Å². The SMILES string of the molecule is O=C(O)COc1ccc(/C=C2/SC(=Nc3ccc(Cl)c(C(F)(F)F)c3)NC2=O)cc1. The lowest BCUT2D eigenvalue weighted by Crippen LogP contribution is -2.19. The van der Waals surface area contributed by atoms with Crippen LogP contribution in [0.25, 0.3) is 6.08 Å². The van der Waals surface area contributed by atoms with Crippen molar-refractivity contribution in [1.29, 1.82) is 0 Å². The van der Waals surface area contributed by atoms with Crippen LogP contribution in [0, 0.1) is 0 Å². The quantitative estimate of drug-likeness (QED) is 0.636. The zero-order chi connectivity index (χ0) is 21.9. The first-order valence-corrected chi connectivity index (χ1v) is 9.42. The standard InChI is InChI=1S/C19H12ClF3N2O4S/c20-14-6-3-11(8-13(14)19(21,22)23)24-18-25-17(28)15(30-18)7-10-1-4-12(5-2-10)29-9-16(26)27/h1-8H,9H2,(H,26,27)(H,24,25,28)/b15-7+. The van der Waals surface area contributed by atoms with E-state index in [1.165, 1.54) is 6.07 Å². The van der Waals surface area contributed by atoms with Crippen molar-refractivity contribution < 1.29 is 32.6 Å². The molecule has 30 heavy (non-hydrogen) atoms. The minimum Gasteiger partial charge on any atom is -0.482 e. The average molecular weight is 457 g/mol. The Hall–Kier alpha value is -2.98. The van der Waals surface area contributed by atoms with Crippen molar-refractivity contribution in [1.82, 2.24) is 5.32 Å². The Morgan fingerprint density at radius 3 is 2.57 bits per heavy atom. The van der Waals surface area contributed by atoms with Gasteiger partial charge in [0.15, 0.2) is 11.8 Å². The number of aliphatic imine (C=N–C) groups is 1. The summed E-state index contributed by atoms with van der Waals surface area (Å²) in [7, 11) is 0. The van der Waals surface area contributed by atoms with E-state index in [1.54, 1.807) is 30.3 Å². The summed E-state index contributed by atoms with van der Waals surface area (Å²) in [5, 5.41) is 10.8. The number of benzene rings is 2. The number of carbonyl (C=O) groups excluding carboxylic acids is 1. The van der Waals surface area contributed by atoms with Gasteiger partial charge in [0.1, 0.15) is 5.75 Å². The van der Waals surface area contributed by atoms with Gasteiger partial charge in [-0.05, 0) is 53.7 Å². The van der Waals surface area contributed by atoms with Crippen LogP contribution in [0.5, 0.6) is 5.75 Å². The third-order valence-corrected chi connectivity index (χ3v) is 4.92. The van der Waals surface area contributed by atoms with Gasteiger partial charge in [0.05, 0.1) is 21.2 Å². The Labute approximate surface area is 177 Å². The molecular weight excluding hydrogens is 445 g/mol. The number of nitrogens with one attached hydrogen (secondary N) is 1. The number of carboxylic acid groups (broad SMARTS) is 1. The Bertz CT molecular complexity index is 1050. The van der Waals surface area contributed by atoms with Gasteiger partial charge in [-0.25, -0.2) is 9.79 Å². The first-order valence-electron chi connectivity index (χ1n) is 8.23. The summed E-state index contributed by atoms with van der Waals surface area (Å²) in [4.78, 5) is 27.0. The summed E-state index contributed by atoms with van der Waals surface area (Å²) in [5.41, 5.74) is -0.376. The normalized spacial score (nSPS) is 16.7. The molecule has 1 amide bonds. The molecule has 156 valence electrons. The minimum atomic E-state index is -4.62. The molecule has 1 aliphatic heterocycles. The van der Waals surface area contributed by atoms with E-state index in [9.17, 15) is 22.8 Å². The summed E-state index contributed by atoms with van der Waals surface area (Å²) in [6, 6.07) is 9.57. The number of nitrogens with zero attached hydrogens (tertiary/aromatic N) is 1. The fraction of sp³-hybridized carbons (Fsp3) is 0.105. The highest BCUT2D eigenvalue weighted by Gasteiger charge is 2.33. The molecule has 0 saturated carbocycles. The van der Waals surface area contributed by atoms with E-state index >= 15 is 0 Å². The van der Waals surface area contributed by atoms with Crippen LogP contribution in [0.3, 0.4) is 0 Å². The highest BCUT2D eigenvalue weighted by atomic mass is 35.5. The molecule has 0 atom stereocenters. The second kappa shape index (κ2) is 8.80. The summed E-state index contributed by atoms with van der Waals surface area (Å²) < 4.78 is 43.9. The molecule has 1 heterocycles. The van der Waals surface area contributed by atoms with Gasteiger partial charge in [-0.15, -0.1) is 0 Å². The van der Waals surface area contributed by atoms with Crippen molar-refractivity contribution in [2.45, 2.75) is 6.18 Å². The zero-order valence-corrected chi connectivity index (χ0v) is 16.4. The lowest BCUT2D eigenvalue weighted by atomic mass is 10.2. The second-order valence-corrected chi connectivity index (χ2v) is 7.33. The van der Waals surface area contributed by atoms with Gasteiger partial charge in [0, 0.05) is 0 Å². The molecular formula is C19H12ClF3N2O4S. The number of amides is 1. The summed E-state index contributed by atoms with van der Waals surface area (Å²) in [6.45, 7) is -0.473. The molecule has 2 N–H and O–H groups in total. The van der Waals surface area contributed by atoms with Gasteiger partial charge in [-0.3, -0.25) is 4.79 Å². The Balaban J connectivity index is 1.75. The first-order chi connectivity index (χ1) is 14.1. The molecule has 6 nitrogen and oxygen atoms in total. The molecule has 0 aliphatic carbocycles. The predicted octanol–water partition coefficient (Wildman–Crippen LogP) is 4.71. The van der Waals surface area contributed by atoms with Crippen molar-refractivity contribution in [3.8, 4) is 5.75 Å². The highest BCUT2D eigenvalue weighted by Crippen LogP contribution is 2.37.